The van der Waals surface area contributed by atoms with Gasteiger partial charge in [-0.3, -0.25) is 0 Å². The molecule has 0 bridgehead atoms. The lowest BCUT2D eigenvalue weighted by Gasteiger charge is -2.30. The van der Waals surface area contributed by atoms with Gasteiger partial charge in [-0.1, -0.05) is 24.3 Å². The van der Waals surface area contributed by atoms with Crippen LogP contribution >= 0.6 is 0 Å². The van der Waals surface area contributed by atoms with Gasteiger partial charge in [-0.05, 0) is 44.2 Å². The summed E-state index contributed by atoms with van der Waals surface area (Å²) < 4.78 is 14.1. The van der Waals surface area contributed by atoms with E-state index in [1.807, 2.05) is 12.1 Å². The molecule has 1 aromatic rings. The number of hydrogen-bond acceptors (Lipinski definition) is 1. The van der Waals surface area contributed by atoms with Crippen molar-refractivity contribution in [3.63, 3.8) is 0 Å². The van der Waals surface area contributed by atoms with Gasteiger partial charge in [0.2, 0.25) is 0 Å². The summed E-state index contributed by atoms with van der Waals surface area (Å²) in [6.45, 7) is 4.32. The maximum Gasteiger partial charge on any atom is 0.109 e. The van der Waals surface area contributed by atoms with E-state index < -0.39 is 5.67 Å². The summed E-state index contributed by atoms with van der Waals surface area (Å²) in [4.78, 5) is 0. The minimum Gasteiger partial charge on any atom is -0.330 e. The molecule has 1 aliphatic rings. The molecule has 16 heavy (non-hydrogen) atoms. The zero-order chi connectivity index (χ0) is 11.8. The van der Waals surface area contributed by atoms with Crippen molar-refractivity contribution in [2.75, 3.05) is 6.54 Å². The fraction of sp³-hybridized carbons (Fsp3) is 0.571. The van der Waals surface area contributed by atoms with Crippen molar-refractivity contribution in [1.29, 1.82) is 0 Å². The SMILES string of the molecule is Cc1ccccc1C1(CN)CCC(C)(F)C1. The average molecular weight is 221 g/mol. The highest BCUT2D eigenvalue weighted by atomic mass is 19.1. The van der Waals surface area contributed by atoms with Crippen molar-refractivity contribution >= 4 is 0 Å². The number of rotatable bonds is 2. The highest BCUT2D eigenvalue weighted by Crippen LogP contribution is 2.48. The Hall–Kier alpha value is -0.890. The van der Waals surface area contributed by atoms with E-state index in [0.717, 1.165) is 6.42 Å². The summed E-state index contributed by atoms with van der Waals surface area (Å²) in [5, 5.41) is 0. The van der Waals surface area contributed by atoms with Crippen LogP contribution in [-0.4, -0.2) is 12.2 Å². The van der Waals surface area contributed by atoms with Gasteiger partial charge in [0.25, 0.3) is 0 Å². The highest BCUT2D eigenvalue weighted by molar-refractivity contribution is 5.35. The summed E-state index contributed by atoms with van der Waals surface area (Å²) in [7, 11) is 0. The van der Waals surface area contributed by atoms with Gasteiger partial charge < -0.3 is 5.73 Å². The standard InChI is InChI=1S/C14H20FN/c1-11-5-3-4-6-12(11)14(10-16)8-7-13(2,15)9-14/h3-6H,7-10,16H2,1-2H3. The molecule has 2 atom stereocenters. The quantitative estimate of drug-likeness (QED) is 0.816. The molecule has 0 aliphatic heterocycles. The van der Waals surface area contributed by atoms with Gasteiger partial charge in [0, 0.05) is 12.0 Å². The monoisotopic (exact) mass is 221 g/mol. The van der Waals surface area contributed by atoms with Gasteiger partial charge in [-0.25, -0.2) is 4.39 Å². The summed E-state index contributed by atoms with van der Waals surface area (Å²) >= 11 is 0. The molecular formula is C14H20FN. The molecule has 88 valence electrons. The van der Waals surface area contributed by atoms with Gasteiger partial charge >= 0.3 is 0 Å². The van der Waals surface area contributed by atoms with E-state index in [4.69, 9.17) is 5.73 Å². The van der Waals surface area contributed by atoms with E-state index in [1.54, 1.807) is 6.92 Å². The van der Waals surface area contributed by atoms with E-state index in [2.05, 4.69) is 19.1 Å². The van der Waals surface area contributed by atoms with E-state index in [-0.39, 0.29) is 5.41 Å². The largest absolute Gasteiger partial charge is 0.330 e. The third kappa shape index (κ3) is 1.86. The maximum absolute atomic E-state index is 14.1. The Morgan fingerprint density at radius 3 is 2.50 bits per heavy atom. The summed E-state index contributed by atoms with van der Waals surface area (Å²) in [6, 6.07) is 8.23. The third-order valence-corrected chi connectivity index (χ3v) is 3.94. The van der Waals surface area contributed by atoms with Gasteiger partial charge in [-0.2, -0.15) is 0 Å². The Labute approximate surface area is 96.9 Å². The molecule has 2 heteroatoms. The normalized spacial score (nSPS) is 34.2. The summed E-state index contributed by atoms with van der Waals surface area (Å²) in [5.41, 5.74) is 7.19. The molecule has 2 unspecified atom stereocenters. The molecule has 0 heterocycles. The van der Waals surface area contributed by atoms with E-state index >= 15 is 0 Å². The molecule has 0 saturated heterocycles. The Balaban J connectivity index is 2.41. The Bertz CT molecular complexity index is 386. The molecule has 0 amide bonds. The van der Waals surface area contributed by atoms with Gasteiger partial charge in [0.15, 0.2) is 0 Å². The van der Waals surface area contributed by atoms with E-state index in [1.165, 1.54) is 11.1 Å². The molecule has 1 aromatic carbocycles. The van der Waals surface area contributed by atoms with Crippen LogP contribution in [0.25, 0.3) is 0 Å². The van der Waals surface area contributed by atoms with Crippen LogP contribution in [0, 0.1) is 6.92 Å². The van der Waals surface area contributed by atoms with Crippen LogP contribution in [0.1, 0.15) is 37.3 Å². The average Bonchev–Trinajstić information content (AvgIpc) is 2.56. The first-order valence-corrected chi connectivity index (χ1v) is 5.94. The fourth-order valence-electron chi connectivity index (χ4n) is 3.06. The molecule has 0 aromatic heterocycles. The van der Waals surface area contributed by atoms with Crippen LogP contribution in [0.5, 0.6) is 0 Å². The summed E-state index contributed by atoms with van der Waals surface area (Å²) in [5.74, 6) is 0. The van der Waals surface area contributed by atoms with E-state index in [9.17, 15) is 4.39 Å². The van der Waals surface area contributed by atoms with Crippen molar-refractivity contribution in [3.8, 4) is 0 Å². The molecule has 0 radical (unpaired) electrons. The molecular weight excluding hydrogens is 201 g/mol. The predicted molar refractivity (Wildman–Crippen MR) is 65.3 cm³/mol. The van der Waals surface area contributed by atoms with Gasteiger partial charge in [0.1, 0.15) is 5.67 Å². The lowest BCUT2D eigenvalue weighted by molar-refractivity contribution is 0.187. The summed E-state index contributed by atoms with van der Waals surface area (Å²) in [6.07, 6.45) is 2.04. The molecule has 2 rings (SSSR count). The first-order valence-electron chi connectivity index (χ1n) is 5.94. The lowest BCUT2D eigenvalue weighted by atomic mass is 9.76. The first-order chi connectivity index (χ1) is 7.49. The second-order valence-corrected chi connectivity index (χ2v) is 5.39. The number of benzene rings is 1. The predicted octanol–water partition coefficient (Wildman–Crippen LogP) is 3.10. The van der Waals surface area contributed by atoms with Gasteiger partial charge in [-0.15, -0.1) is 0 Å². The van der Waals surface area contributed by atoms with Gasteiger partial charge in [0.05, 0.1) is 0 Å². The molecule has 2 N–H and O–H groups in total. The van der Waals surface area contributed by atoms with Crippen LogP contribution in [0.3, 0.4) is 0 Å². The number of nitrogens with two attached hydrogens (primary N) is 1. The third-order valence-electron chi connectivity index (χ3n) is 3.94. The molecule has 1 saturated carbocycles. The maximum atomic E-state index is 14.1. The number of hydrogen-bond donors (Lipinski definition) is 1. The second kappa shape index (κ2) is 3.85. The Morgan fingerprint density at radius 1 is 1.31 bits per heavy atom. The Morgan fingerprint density at radius 2 is 2.00 bits per heavy atom. The van der Waals surface area contributed by atoms with Crippen LogP contribution in [0.4, 0.5) is 4.39 Å². The van der Waals surface area contributed by atoms with E-state index in [0.29, 0.717) is 19.4 Å². The van der Waals surface area contributed by atoms with Crippen LogP contribution in [0.15, 0.2) is 24.3 Å². The minimum absolute atomic E-state index is 0.144. The molecule has 1 fully saturated rings. The van der Waals surface area contributed by atoms with Crippen molar-refractivity contribution < 1.29 is 4.39 Å². The van der Waals surface area contributed by atoms with Crippen molar-refractivity contribution in [2.45, 2.75) is 44.2 Å². The first kappa shape index (κ1) is 11.6. The fourth-order valence-corrected chi connectivity index (χ4v) is 3.06. The van der Waals surface area contributed by atoms with Crippen molar-refractivity contribution in [3.05, 3.63) is 35.4 Å². The number of aryl methyl sites for hydroxylation is 1. The van der Waals surface area contributed by atoms with Crippen LogP contribution < -0.4 is 5.73 Å². The molecule has 1 nitrogen and oxygen atoms in total. The van der Waals surface area contributed by atoms with Crippen molar-refractivity contribution in [1.82, 2.24) is 0 Å². The lowest BCUT2D eigenvalue weighted by Crippen LogP contribution is -2.34. The minimum atomic E-state index is -1.05. The van der Waals surface area contributed by atoms with Crippen molar-refractivity contribution in [2.24, 2.45) is 5.73 Å². The van der Waals surface area contributed by atoms with Crippen LogP contribution in [0.2, 0.25) is 0 Å². The number of halogens is 1. The zero-order valence-electron chi connectivity index (χ0n) is 10.1. The topological polar surface area (TPSA) is 26.0 Å². The molecule has 1 aliphatic carbocycles. The number of alkyl halides is 1. The Kier molecular flexibility index (Phi) is 2.79. The zero-order valence-corrected chi connectivity index (χ0v) is 10.1. The smallest absolute Gasteiger partial charge is 0.109 e. The second-order valence-electron chi connectivity index (χ2n) is 5.39. The highest BCUT2D eigenvalue weighted by Gasteiger charge is 2.46. The molecule has 0 spiro atoms. The van der Waals surface area contributed by atoms with Crippen LogP contribution in [-0.2, 0) is 5.41 Å².